The number of thioether (sulfide) groups is 1. The molecule has 0 heterocycles. The Kier molecular flexibility index (Phi) is 8.41. The lowest BCUT2D eigenvalue weighted by Gasteiger charge is -2.00. The Morgan fingerprint density at radius 2 is 2.00 bits per heavy atom. The smallest absolute Gasteiger partial charge is 0.339 e. The molecular formula is C11H12ClNO2S. The van der Waals surface area contributed by atoms with Crippen molar-refractivity contribution in [3.05, 3.63) is 29.8 Å². The highest BCUT2D eigenvalue weighted by Gasteiger charge is 2.05. The Morgan fingerprint density at radius 3 is 2.44 bits per heavy atom. The van der Waals surface area contributed by atoms with Gasteiger partial charge in [-0.3, -0.25) is 0 Å². The van der Waals surface area contributed by atoms with Gasteiger partial charge in [0, 0.05) is 4.90 Å². The van der Waals surface area contributed by atoms with Crippen LogP contribution in [0.2, 0.25) is 0 Å². The largest absolute Gasteiger partial charge is 0.446 e. The van der Waals surface area contributed by atoms with E-state index in [1.54, 1.807) is 24.3 Å². The average molecular weight is 258 g/mol. The van der Waals surface area contributed by atoms with E-state index in [0.717, 1.165) is 16.7 Å². The average Bonchev–Trinajstić information content (AvgIpc) is 2.33. The monoisotopic (exact) mass is 257 g/mol. The van der Waals surface area contributed by atoms with E-state index < -0.39 is 5.97 Å². The summed E-state index contributed by atoms with van der Waals surface area (Å²) in [6.07, 6.45) is 0. The van der Waals surface area contributed by atoms with Crippen LogP contribution in [0.3, 0.4) is 0 Å². The molecule has 0 radical (unpaired) electrons. The second-order valence-electron chi connectivity index (χ2n) is 2.26. The van der Waals surface area contributed by atoms with E-state index in [2.05, 4.69) is 4.74 Å². The molecule has 0 aliphatic carbocycles. The van der Waals surface area contributed by atoms with Crippen molar-refractivity contribution in [1.82, 2.24) is 0 Å². The molecule has 0 fully saturated rings. The van der Waals surface area contributed by atoms with Crippen LogP contribution < -0.4 is 0 Å². The maximum absolute atomic E-state index is 11.1. The number of hydrogen-bond acceptors (Lipinski definition) is 4. The summed E-state index contributed by atoms with van der Waals surface area (Å²) in [5.74, 6) is -0.464. The molecule has 5 heteroatoms. The van der Waals surface area contributed by atoms with Crippen LogP contribution in [0.1, 0.15) is 24.2 Å². The lowest BCUT2D eigenvalue weighted by molar-refractivity contribution is 0.0574. The fourth-order valence-corrected chi connectivity index (χ4v) is 1.32. The van der Waals surface area contributed by atoms with Crippen LogP contribution >= 0.6 is 23.4 Å². The van der Waals surface area contributed by atoms with Crippen molar-refractivity contribution in [3.63, 3.8) is 0 Å². The van der Waals surface area contributed by atoms with Crippen LogP contribution in [0.15, 0.2) is 29.2 Å². The minimum absolute atomic E-state index is 0.159. The normalized spacial score (nSPS) is 8.38. The SMILES string of the molecule is CC.N#CSc1ccc(C(=O)OCCl)cc1. The fourth-order valence-electron chi connectivity index (χ4n) is 0.845. The van der Waals surface area contributed by atoms with E-state index >= 15 is 0 Å². The van der Waals surface area contributed by atoms with Gasteiger partial charge in [0.15, 0.2) is 6.07 Å². The lowest BCUT2D eigenvalue weighted by Crippen LogP contribution is -2.02. The molecule has 1 aromatic carbocycles. The first-order valence-electron chi connectivity index (χ1n) is 4.67. The number of hydrogen-bond donors (Lipinski definition) is 0. The van der Waals surface area contributed by atoms with E-state index in [-0.39, 0.29) is 6.07 Å². The third-order valence-corrected chi connectivity index (χ3v) is 2.15. The van der Waals surface area contributed by atoms with Gasteiger partial charge in [-0.05, 0) is 36.0 Å². The molecule has 0 saturated carbocycles. The van der Waals surface area contributed by atoms with E-state index in [1.807, 2.05) is 19.2 Å². The Bertz CT molecular complexity index is 359. The number of benzene rings is 1. The summed E-state index contributed by atoms with van der Waals surface area (Å²) in [5.41, 5.74) is 0.424. The molecule has 3 nitrogen and oxygen atoms in total. The van der Waals surface area contributed by atoms with E-state index in [4.69, 9.17) is 16.9 Å². The minimum atomic E-state index is -0.464. The third-order valence-electron chi connectivity index (χ3n) is 1.44. The predicted molar refractivity (Wildman–Crippen MR) is 65.4 cm³/mol. The van der Waals surface area contributed by atoms with Crippen LogP contribution in [-0.2, 0) is 4.74 Å². The number of halogens is 1. The molecule has 1 aromatic rings. The second-order valence-corrected chi connectivity index (χ2v) is 3.33. The summed E-state index contributed by atoms with van der Waals surface area (Å²) in [6.45, 7) is 4.00. The van der Waals surface area contributed by atoms with Crippen LogP contribution in [0, 0.1) is 10.7 Å². The zero-order chi connectivity index (χ0) is 12.4. The maximum atomic E-state index is 11.1. The molecule has 86 valence electrons. The predicted octanol–water partition coefficient (Wildman–Crippen LogP) is 3.64. The minimum Gasteiger partial charge on any atom is -0.446 e. The van der Waals surface area contributed by atoms with Crippen molar-refractivity contribution in [3.8, 4) is 5.40 Å². The number of carbonyl (C=O) groups excluding carboxylic acids is 1. The van der Waals surface area contributed by atoms with Crippen molar-refractivity contribution in [2.24, 2.45) is 0 Å². The number of ether oxygens (including phenoxy) is 1. The van der Waals surface area contributed by atoms with Gasteiger partial charge in [0.1, 0.15) is 5.40 Å². The molecule has 0 unspecified atom stereocenters. The van der Waals surface area contributed by atoms with Gasteiger partial charge in [-0.15, -0.1) is 0 Å². The highest BCUT2D eigenvalue weighted by molar-refractivity contribution is 8.03. The highest BCUT2D eigenvalue weighted by Crippen LogP contribution is 2.17. The van der Waals surface area contributed by atoms with E-state index in [9.17, 15) is 4.79 Å². The van der Waals surface area contributed by atoms with Crippen molar-refractivity contribution >= 4 is 29.3 Å². The molecular weight excluding hydrogens is 246 g/mol. The Hall–Kier alpha value is -1.18. The molecule has 0 aromatic heterocycles. The number of nitriles is 1. The summed E-state index contributed by atoms with van der Waals surface area (Å²) in [5, 5.41) is 10.3. The van der Waals surface area contributed by atoms with Gasteiger partial charge in [0.05, 0.1) is 5.56 Å². The van der Waals surface area contributed by atoms with E-state index in [0.29, 0.717) is 5.56 Å². The molecule has 1 rings (SSSR count). The summed E-state index contributed by atoms with van der Waals surface area (Å²) in [6, 6.07) is 6.38. The van der Waals surface area contributed by atoms with Gasteiger partial charge in [-0.25, -0.2) is 4.79 Å². The second kappa shape index (κ2) is 9.08. The van der Waals surface area contributed by atoms with Gasteiger partial charge in [-0.1, -0.05) is 25.4 Å². The zero-order valence-electron chi connectivity index (χ0n) is 9.07. The van der Waals surface area contributed by atoms with Gasteiger partial charge in [-0.2, -0.15) is 5.26 Å². The molecule has 0 spiro atoms. The van der Waals surface area contributed by atoms with Crippen LogP contribution in [0.25, 0.3) is 0 Å². The fraction of sp³-hybridized carbons (Fsp3) is 0.273. The number of thiocyanates is 1. The molecule has 0 aliphatic rings. The molecule has 0 atom stereocenters. The van der Waals surface area contributed by atoms with Crippen LogP contribution in [0.4, 0.5) is 0 Å². The Labute approximate surface area is 104 Å². The summed E-state index contributed by atoms with van der Waals surface area (Å²) in [7, 11) is 0. The lowest BCUT2D eigenvalue weighted by atomic mass is 10.2. The number of alkyl halides is 1. The number of carbonyl (C=O) groups is 1. The van der Waals surface area contributed by atoms with Crippen molar-refractivity contribution in [2.75, 3.05) is 6.07 Å². The third kappa shape index (κ3) is 5.06. The van der Waals surface area contributed by atoms with Crippen molar-refractivity contribution < 1.29 is 9.53 Å². The first kappa shape index (κ1) is 14.8. The van der Waals surface area contributed by atoms with Crippen LogP contribution in [-0.4, -0.2) is 12.0 Å². The van der Waals surface area contributed by atoms with Crippen molar-refractivity contribution in [1.29, 1.82) is 5.26 Å². The first-order valence-corrected chi connectivity index (χ1v) is 6.02. The quantitative estimate of drug-likeness (QED) is 0.359. The summed E-state index contributed by atoms with van der Waals surface area (Å²) < 4.78 is 4.58. The summed E-state index contributed by atoms with van der Waals surface area (Å²) >= 11 is 6.27. The standard InChI is InChI=1S/C9H6ClNO2S.C2H6/c10-5-13-9(12)7-1-3-8(4-2-7)14-6-11;1-2/h1-4H,5H2;1-2H3. The molecule has 16 heavy (non-hydrogen) atoms. The number of esters is 1. The highest BCUT2D eigenvalue weighted by atomic mass is 35.5. The van der Waals surface area contributed by atoms with Gasteiger partial charge in [0.2, 0.25) is 0 Å². The molecule has 0 amide bonds. The van der Waals surface area contributed by atoms with Crippen LogP contribution in [0.5, 0.6) is 0 Å². The van der Waals surface area contributed by atoms with Crippen molar-refractivity contribution in [2.45, 2.75) is 18.7 Å². The number of nitrogens with zero attached hydrogens (tertiary/aromatic N) is 1. The van der Waals surface area contributed by atoms with Gasteiger partial charge >= 0.3 is 5.97 Å². The molecule has 0 bridgehead atoms. The Morgan fingerprint density at radius 1 is 1.44 bits per heavy atom. The Balaban J connectivity index is 0.00000106. The van der Waals surface area contributed by atoms with Gasteiger partial charge < -0.3 is 4.74 Å². The van der Waals surface area contributed by atoms with Gasteiger partial charge in [0.25, 0.3) is 0 Å². The van der Waals surface area contributed by atoms with E-state index in [1.165, 1.54) is 0 Å². The molecule has 0 N–H and O–H groups in total. The maximum Gasteiger partial charge on any atom is 0.339 e. The summed E-state index contributed by atoms with van der Waals surface area (Å²) in [4.78, 5) is 11.9. The zero-order valence-corrected chi connectivity index (χ0v) is 10.6. The topological polar surface area (TPSA) is 50.1 Å². The molecule has 0 saturated heterocycles. The number of rotatable bonds is 3. The first-order chi connectivity index (χ1) is 7.77. The molecule has 0 aliphatic heterocycles.